The zero-order valence-corrected chi connectivity index (χ0v) is 16.9. The summed E-state index contributed by atoms with van der Waals surface area (Å²) in [6.45, 7) is 3.12. The summed E-state index contributed by atoms with van der Waals surface area (Å²) in [5.41, 5.74) is 2.36. The van der Waals surface area contributed by atoms with Crippen molar-refractivity contribution in [2.45, 2.75) is 37.5 Å². The Hall–Kier alpha value is -2.15. The number of benzene rings is 2. The third-order valence-corrected chi connectivity index (χ3v) is 5.60. The fraction of sp³-hybridized carbons (Fsp3) is 0.364. The van der Waals surface area contributed by atoms with E-state index in [0.29, 0.717) is 6.42 Å². The Morgan fingerprint density at radius 2 is 1.68 bits per heavy atom. The fourth-order valence-corrected chi connectivity index (χ4v) is 4.00. The van der Waals surface area contributed by atoms with Crippen LogP contribution >= 0.6 is 11.8 Å². The number of nitrogens with one attached hydrogen (secondary N) is 1. The highest BCUT2D eigenvalue weighted by Crippen LogP contribution is 2.29. The van der Waals surface area contributed by atoms with Gasteiger partial charge in [-0.3, -0.25) is 14.4 Å². The smallest absolute Gasteiger partial charge is 0.312 e. The van der Waals surface area contributed by atoms with Crippen LogP contribution in [-0.2, 0) is 22.5 Å². The van der Waals surface area contributed by atoms with Gasteiger partial charge in [-0.05, 0) is 55.6 Å². The van der Waals surface area contributed by atoms with Crippen LogP contribution in [0.5, 0.6) is 0 Å². The Bertz CT molecular complexity index is 770. The van der Waals surface area contributed by atoms with Crippen molar-refractivity contribution in [3.05, 3.63) is 71.8 Å². The van der Waals surface area contributed by atoms with E-state index >= 15 is 0 Å². The van der Waals surface area contributed by atoms with Crippen molar-refractivity contribution >= 4 is 22.9 Å². The molecule has 2 unspecified atom stereocenters. The molecule has 2 amide bonds. The van der Waals surface area contributed by atoms with Crippen LogP contribution < -0.4 is 5.32 Å². The van der Waals surface area contributed by atoms with E-state index in [9.17, 15) is 9.59 Å². The van der Waals surface area contributed by atoms with Crippen LogP contribution in [0.4, 0.5) is 4.79 Å². The predicted octanol–water partition coefficient (Wildman–Crippen LogP) is 3.84. The highest BCUT2D eigenvalue weighted by molar-refractivity contribution is 8.15. The van der Waals surface area contributed by atoms with Gasteiger partial charge in [-0.1, -0.05) is 60.7 Å². The first-order chi connectivity index (χ1) is 13.6. The lowest BCUT2D eigenvalue weighted by molar-refractivity contribution is -0.165. The molecule has 1 saturated heterocycles. The van der Waals surface area contributed by atoms with E-state index < -0.39 is 5.25 Å². The van der Waals surface area contributed by atoms with E-state index in [1.54, 1.807) is 0 Å². The Balaban J connectivity index is 1.37. The van der Waals surface area contributed by atoms with Crippen molar-refractivity contribution in [1.29, 1.82) is 0 Å². The van der Waals surface area contributed by atoms with Crippen molar-refractivity contribution in [3.8, 4) is 0 Å². The number of hydrogen-bond acceptors (Lipinski definition) is 5. The first kappa shape index (κ1) is 20.6. The third-order valence-electron chi connectivity index (χ3n) is 4.58. The second kappa shape index (κ2) is 10.4. The van der Waals surface area contributed by atoms with Gasteiger partial charge in [-0.2, -0.15) is 0 Å². The van der Waals surface area contributed by atoms with Gasteiger partial charge in [0, 0.05) is 6.04 Å². The maximum Gasteiger partial charge on any atom is 0.313 e. The summed E-state index contributed by atoms with van der Waals surface area (Å²) >= 11 is 1.04. The van der Waals surface area contributed by atoms with Gasteiger partial charge in [0.05, 0.1) is 11.9 Å². The van der Waals surface area contributed by atoms with Gasteiger partial charge in [-0.15, -0.1) is 5.06 Å². The van der Waals surface area contributed by atoms with Crippen molar-refractivity contribution in [2.24, 2.45) is 0 Å². The minimum absolute atomic E-state index is 0.0505. The van der Waals surface area contributed by atoms with Crippen molar-refractivity contribution < 1.29 is 14.4 Å². The molecule has 1 aliphatic heterocycles. The summed E-state index contributed by atoms with van der Waals surface area (Å²) in [4.78, 5) is 30.2. The molecule has 2 aromatic rings. The molecular weight excluding hydrogens is 372 g/mol. The van der Waals surface area contributed by atoms with Gasteiger partial charge in [0.1, 0.15) is 0 Å². The quantitative estimate of drug-likeness (QED) is 0.616. The van der Waals surface area contributed by atoms with Gasteiger partial charge >= 0.3 is 5.24 Å². The lowest BCUT2D eigenvalue weighted by atomic mass is 10.1. The van der Waals surface area contributed by atoms with E-state index in [1.807, 2.05) is 55.5 Å². The molecule has 0 bridgehead atoms. The Morgan fingerprint density at radius 1 is 1.04 bits per heavy atom. The Kier molecular flexibility index (Phi) is 7.65. The maximum absolute atomic E-state index is 12.5. The first-order valence-electron chi connectivity index (χ1n) is 9.62. The Morgan fingerprint density at radius 3 is 2.36 bits per heavy atom. The number of imide groups is 1. The van der Waals surface area contributed by atoms with Gasteiger partial charge in [0.2, 0.25) is 0 Å². The number of amides is 2. The van der Waals surface area contributed by atoms with Crippen LogP contribution in [0.15, 0.2) is 60.7 Å². The molecule has 148 valence electrons. The van der Waals surface area contributed by atoms with Crippen molar-refractivity contribution in [3.63, 3.8) is 0 Å². The Labute approximate surface area is 170 Å². The summed E-state index contributed by atoms with van der Waals surface area (Å²) in [5, 5.41) is 3.56. The number of thioether (sulfide) groups is 1. The normalized spacial score (nSPS) is 17.9. The summed E-state index contributed by atoms with van der Waals surface area (Å²) < 4.78 is 0. The number of carbonyl (C=O) groups is 2. The molecule has 0 radical (unpaired) electrons. The SMILES string of the molecule is CC(CON1C(=O)SC(Cc2ccccc2)C1=O)NCCCc1ccccc1. The highest BCUT2D eigenvalue weighted by Gasteiger charge is 2.41. The molecule has 1 aliphatic rings. The highest BCUT2D eigenvalue weighted by atomic mass is 32.2. The minimum Gasteiger partial charge on any atom is -0.312 e. The molecule has 2 aromatic carbocycles. The predicted molar refractivity (Wildman–Crippen MR) is 112 cm³/mol. The maximum atomic E-state index is 12.5. The first-order valence-corrected chi connectivity index (χ1v) is 10.5. The van der Waals surface area contributed by atoms with Crippen molar-refractivity contribution in [2.75, 3.05) is 13.2 Å². The number of rotatable bonds is 10. The molecule has 5 nitrogen and oxygen atoms in total. The average Bonchev–Trinajstić information content (AvgIpc) is 2.98. The monoisotopic (exact) mass is 398 g/mol. The summed E-state index contributed by atoms with van der Waals surface area (Å²) in [6.07, 6.45) is 2.57. The topological polar surface area (TPSA) is 58.6 Å². The molecule has 2 atom stereocenters. The van der Waals surface area contributed by atoms with Crippen LogP contribution in [0.1, 0.15) is 24.5 Å². The van der Waals surface area contributed by atoms with E-state index in [1.165, 1.54) is 5.56 Å². The van der Waals surface area contributed by atoms with Gasteiger partial charge in [0.25, 0.3) is 5.91 Å². The number of hydrogen-bond donors (Lipinski definition) is 1. The van der Waals surface area contributed by atoms with Crippen LogP contribution in [0.2, 0.25) is 0 Å². The molecule has 6 heteroatoms. The molecule has 3 rings (SSSR count). The van der Waals surface area contributed by atoms with Gasteiger partial charge in [0.15, 0.2) is 0 Å². The largest absolute Gasteiger partial charge is 0.313 e. The van der Waals surface area contributed by atoms with E-state index in [0.717, 1.165) is 41.8 Å². The zero-order valence-electron chi connectivity index (χ0n) is 16.0. The van der Waals surface area contributed by atoms with E-state index in [-0.39, 0.29) is 23.8 Å². The molecule has 0 saturated carbocycles. The molecule has 1 fully saturated rings. The number of hydroxylamine groups is 2. The number of aryl methyl sites for hydroxylation is 1. The zero-order chi connectivity index (χ0) is 19.8. The van der Waals surface area contributed by atoms with Crippen LogP contribution in [0, 0.1) is 0 Å². The van der Waals surface area contributed by atoms with Gasteiger partial charge in [-0.25, -0.2) is 0 Å². The molecule has 0 aliphatic carbocycles. The summed E-state index contributed by atoms with van der Waals surface area (Å²) in [5.74, 6) is -0.268. The summed E-state index contributed by atoms with van der Waals surface area (Å²) in [6, 6.07) is 20.1. The lowest BCUT2D eigenvalue weighted by Crippen LogP contribution is -2.38. The van der Waals surface area contributed by atoms with Crippen LogP contribution in [0.3, 0.4) is 0 Å². The van der Waals surface area contributed by atoms with Crippen molar-refractivity contribution in [1.82, 2.24) is 10.4 Å². The molecule has 0 spiro atoms. The lowest BCUT2D eigenvalue weighted by Gasteiger charge is -2.18. The standard InChI is InChI=1S/C22H26N2O3S/c1-17(23-14-8-13-18-9-4-2-5-10-18)16-27-24-21(25)20(28-22(24)26)15-19-11-6-3-7-12-19/h2-7,9-12,17,20,23H,8,13-16H2,1H3. The molecule has 28 heavy (non-hydrogen) atoms. The third kappa shape index (κ3) is 5.92. The second-order valence-corrected chi connectivity index (χ2v) is 8.09. The van der Waals surface area contributed by atoms with Crippen LogP contribution in [0.25, 0.3) is 0 Å². The number of carbonyl (C=O) groups excluding carboxylic acids is 2. The minimum atomic E-state index is -0.413. The summed E-state index contributed by atoms with van der Waals surface area (Å²) in [7, 11) is 0. The molecule has 1 heterocycles. The van der Waals surface area contributed by atoms with Crippen LogP contribution in [-0.4, -0.2) is 40.7 Å². The molecule has 0 aromatic heterocycles. The average molecular weight is 399 g/mol. The van der Waals surface area contributed by atoms with E-state index in [4.69, 9.17) is 4.84 Å². The number of nitrogens with zero attached hydrogens (tertiary/aromatic N) is 1. The fourth-order valence-electron chi connectivity index (χ4n) is 3.05. The molecule has 1 N–H and O–H groups in total. The van der Waals surface area contributed by atoms with Gasteiger partial charge < -0.3 is 5.32 Å². The van der Waals surface area contributed by atoms with E-state index in [2.05, 4.69) is 17.4 Å². The second-order valence-electron chi connectivity index (χ2n) is 6.93. The molecular formula is C22H26N2O3S.